The predicted molar refractivity (Wildman–Crippen MR) is 237 cm³/mol. The number of hydrogen-bond acceptors (Lipinski definition) is 1. The first kappa shape index (κ1) is 32.0. The summed E-state index contributed by atoms with van der Waals surface area (Å²) in [5, 5.41) is 4.91. The van der Waals surface area contributed by atoms with Crippen LogP contribution in [0.15, 0.2) is 213 Å². The van der Waals surface area contributed by atoms with Gasteiger partial charge in [-0.05, 0) is 116 Å². The van der Waals surface area contributed by atoms with Crippen LogP contribution in [0.4, 0.5) is 17.1 Å². The number of rotatable bonds is 6. The van der Waals surface area contributed by atoms with Crippen molar-refractivity contribution < 1.29 is 0 Å². The van der Waals surface area contributed by atoms with Gasteiger partial charge in [-0.15, -0.1) is 0 Å². The summed E-state index contributed by atoms with van der Waals surface area (Å²) in [6, 6.07) is 74.8. The molecule has 0 saturated heterocycles. The molecule has 1 aliphatic rings. The maximum Gasteiger partial charge on any atom is 0.0541 e. The van der Waals surface area contributed by atoms with Gasteiger partial charge in [-0.2, -0.15) is 0 Å². The maximum absolute atomic E-state index is 4.53. The molecule has 0 aliphatic heterocycles. The van der Waals surface area contributed by atoms with E-state index in [9.17, 15) is 0 Å². The Bertz CT molecular complexity index is 3130. The fourth-order valence-electron chi connectivity index (χ4n) is 8.78. The summed E-state index contributed by atoms with van der Waals surface area (Å²) in [6.45, 7) is 4.53. The molecule has 0 unspecified atom stereocenters. The topological polar surface area (TPSA) is 8.17 Å². The first-order chi connectivity index (χ1) is 27.7. The molecule has 0 atom stereocenters. The van der Waals surface area contributed by atoms with E-state index in [1.165, 1.54) is 77.1 Å². The monoisotopic (exact) mass is 712 g/mol. The third-order valence-corrected chi connectivity index (χ3v) is 11.5. The molecule has 9 aromatic carbocycles. The highest BCUT2D eigenvalue weighted by molar-refractivity contribution is 6.10. The van der Waals surface area contributed by atoms with Gasteiger partial charge < -0.3 is 9.47 Å². The van der Waals surface area contributed by atoms with Gasteiger partial charge in [-0.3, -0.25) is 0 Å². The smallest absolute Gasteiger partial charge is 0.0541 e. The molecule has 262 valence electrons. The van der Waals surface area contributed by atoms with Gasteiger partial charge in [0, 0.05) is 33.2 Å². The van der Waals surface area contributed by atoms with Crippen LogP contribution in [0.2, 0.25) is 0 Å². The van der Waals surface area contributed by atoms with Crippen LogP contribution in [-0.4, -0.2) is 4.57 Å². The van der Waals surface area contributed by atoms with E-state index < -0.39 is 0 Å². The number of nitrogens with zero attached hydrogens (tertiary/aromatic N) is 2. The van der Waals surface area contributed by atoms with Gasteiger partial charge in [0.15, 0.2) is 0 Å². The SMILES string of the molecule is C=C1c2ccccc2-c2ccc(N(c3ccc(-c4ccc5c(c4)c4ccccc4n5-c4ccc(-c5ccccc5)cc4)cc3)c3cccc4ccccc34)cc21. The molecule has 10 aromatic rings. The van der Waals surface area contributed by atoms with Crippen molar-refractivity contribution in [1.29, 1.82) is 0 Å². The molecule has 0 fully saturated rings. The number of aromatic nitrogens is 1. The molecular formula is C54H36N2. The lowest BCUT2D eigenvalue weighted by Gasteiger charge is -2.27. The summed E-state index contributed by atoms with van der Waals surface area (Å²) >= 11 is 0. The van der Waals surface area contributed by atoms with Crippen molar-refractivity contribution in [3.05, 3.63) is 224 Å². The third kappa shape index (κ3) is 5.11. The maximum atomic E-state index is 4.53. The Labute approximate surface area is 326 Å². The van der Waals surface area contributed by atoms with E-state index in [0.29, 0.717) is 0 Å². The van der Waals surface area contributed by atoms with E-state index in [2.05, 4.69) is 222 Å². The zero-order chi connectivity index (χ0) is 37.2. The highest BCUT2D eigenvalue weighted by Crippen LogP contribution is 2.47. The van der Waals surface area contributed by atoms with Crippen LogP contribution in [0.1, 0.15) is 11.1 Å². The minimum Gasteiger partial charge on any atom is -0.310 e. The van der Waals surface area contributed by atoms with Gasteiger partial charge in [0.2, 0.25) is 0 Å². The Morgan fingerprint density at radius 2 is 0.946 bits per heavy atom. The normalized spacial score (nSPS) is 12.0. The molecule has 56 heavy (non-hydrogen) atoms. The van der Waals surface area contributed by atoms with Crippen molar-refractivity contribution in [3.63, 3.8) is 0 Å². The molecule has 0 bridgehead atoms. The fourth-order valence-corrected chi connectivity index (χ4v) is 8.78. The molecular weight excluding hydrogens is 677 g/mol. The lowest BCUT2D eigenvalue weighted by Crippen LogP contribution is -2.10. The van der Waals surface area contributed by atoms with E-state index in [1.54, 1.807) is 0 Å². The van der Waals surface area contributed by atoms with Crippen LogP contribution in [0.5, 0.6) is 0 Å². The van der Waals surface area contributed by atoms with Crippen LogP contribution >= 0.6 is 0 Å². The third-order valence-electron chi connectivity index (χ3n) is 11.5. The quantitative estimate of drug-likeness (QED) is 0.167. The summed E-state index contributed by atoms with van der Waals surface area (Å²) < 4.78 is 2.39. The number of para-hydroxylation sites is 1. The van der Waals surface area contributed by atoms with Gasteiger partial charge in [-0.1, -0.05) is 152 Å². The Morgan fingerprint density at radius 3 is 1.79 bits per heavy atom. The average molecular weight is 713 g/mol. The van der Waals surface area contributed by atoms with E-state index in [1.807, 2.05) is 0 Å². The second kappa shape index (κ2) is 12.9. The van der Waals surface area contributed by atoms with E-state index in [4.69, 9.17) is 0 Å². The highest BCUT2D eigenvalue weighted by Gasteiger charge is 2.24. The first-order valence-corrected chi connectivity index (χ1v) is 19.2. The van der Waals surface area contributed by atoms with Gasteiger partial charge in [0.05, 0.1) is 16.7 Å². The van der Waals surface area contributed by atoms with Crippen LogP contribution in [0.3, 0.4) is 0 Å². The highest BCUT2D eigenvalue weighted by atomic mass is 15.1. The zero-order valence-electron chi connectivity index (χ0n) is 30.7. The Morgan fingerprint density at radius 1 is 0.357 bits per heavy atom. The molecule has 0 N–H and O–H groups in total. The summed E-state index contributed by atoms with van der Waals surface area (Å²) in [5.41, 5.74) is 17.7. The number of hydrogen-bond donors (Lipinski definition) is 0. The van der Waals surface area contributed by atoms with Crippen molar-refractivity contribution in [2.45, 2.75) is 0 Å². The lowest BCUT2D eigenvalue weighted by molar-refractivity contribution is 1.18. The van der Waals surface area contributed by atoms with Crippen molar-refractivity contribution in [2.75, 3.05) is 4.90 Å². The number of anilines is 3. The first-order valence-electron chi connectivity index (χ1n) is 19.2. The number of benzene rings is 9. The molecule has 2 nitrogen and oxygen atoms in total. The molecule has 0 radical (unpaired) electrons. The minimum absolute atomic E-state index is 1.08. The Kier molecular flexibility index (Phi) is 7.36. The van der Waals surface area contributed by atoms with Crippen molar-refractivity contribution in [2.24, 2.45) is 0 Å². The van der Waals surface area contributed by atoms with Crippen LogP contribution in [-0.2, 0) is 0 Å². The molecule has 0 saturated carbocycles. The molecule has 2 heteroatoms. The molecule has 1 aliphatic carbocycles. The van der Waals surface area contributed by atoms with Crippen molar-refractivity contribution in [3.8, 4) is 39.1 Å². The lowest BCUT2D eigenvalue weighted by atomic mass is 10.0. The second-order valence-corrected chi connectivity index (χ2v) is 14.6. The van der Waals surface area contributed by atoms with E-state index in [-0.39, 0.29) is 0 Å². The Balaban J connectivity index is 1.000. The molecule has 0 amide bonds. The summed E-state index contributed by atoms with van der Waals surface area (Å²) in [7, 11) is 0. The molecule has 1 aromatic heterocycles. The van der Waals surface area contributed by atoms with Crippen molar-refractivity contribution in [1.82, 2.24) is 4.57 Å². The summed E-state index contributed by atoms with van der Waals surface area (Å²) in [4.78, 5) is 2.39. The average Bonchev–Trinajstić information content (AvgIpc) is 3.75. The second-order valence-electron chi connectivity index (χ2n) is 14.6. The van der Waals surface area contributed by atoms with Gasteiger partial charge in [0.25, 0.3) is 0 Å². The van der Waals surface area contributed by atoms with Gasteiger partial charge >= 0.3 is 0 Å². The minimum atomic E-state index is 1.08. The molecule has 1 heterocycles. The largest absolute Gasteiger partial charge is 0.310 e. The Hall–Kier alpha value is -7.42. The summed E-state index contributed by atoms with van der Waals surface area (Å²) in [6.07, 6.45) is 0. The van der Waals surface area contributed by atoms with E-state index in [0.717, 1.165) is 28.3 Å². The van der Waals surface area contributed by atoms with E-state index >= 15 is 0 Å². The van der Waals surface area contributed by atoms with Crippen LogP contribution < -0.4 is 4.90 Å². The predicted octanol–water partition coefficient (Wildman–Crippen LogP) is 14.8. The molecule has 0 spiro atoms. The van der Waals surface area contributed by atoms with Crippen LogP contribution in [0, 0.1) is 0 Å². The van der Waals surface area contributed by atoms with Gasteiger partial charge in [-0.25, -0.2) is 0 Å². The van der Waals surface area contributed by atoms with Gasteiger partial charge in [0.1, 0.15) is 0 Å². The summed E-state index contributed by atoms with van der Waals surface area (Å²) in [5.74, 6) is 0. The fraction of sp³-hybridized carbons (Fsp3) is 0. The van der Waals surface area contributed by atoms with Crippen molar-refractivity contribution >= 4 is 55.2 Å². The number of fused-ring (bicyclic) bond motifs is 7. The standard InChI is InChI=1S/C54H36N2/c1-36-45-16-7-8-18-47(45)48-32-31-44(35-50(36)48)55(52-21-11-15-40-14-5-6-17-46(40)52)42-27-24-39(25-28-42)41-26-33-54-51(34-41)49-19-9-10-20-53(49)56(54)43-29-22-38(23-30-43)37-12-3-2-4-13-37/h2-35H,1H2. The van der Waals surface area contributed by atoms with Crippen LogP contribution in [0.25, 0.3) is 77.2 Å². The zero-order valence-corrected chi connectivity index (χ0v) is 30.7. The molecule has 11 rings (SSSR count).